The van der Waals surface area contributed by atoms with E-state index in [9.17, 15) is 9.59 Å². The Morgan fingerprint density at radius 3 is 2.59 bits per heavy atom. The molecule has 0 spiro atoms. The Balaban J connectivity index is 1.62. The minimum Gasteiger partial charge on any atom is -0.493 e. The molecule has 0 bridgehead atoms. The number of ether oxygens (including phenoxy) is 3. The number of fused-ring (bicyclic) bond motifs is 3. The monoisotopic (exact) mass is 790 g/mol. The molecule has 6 rings (SSSR count). The molecule has 0 saturated carbocycles. The predicted octanol–water partition coefficient (Wildman–Crippen LogP) is 5.47. The van der Waals surface area contributed by atoms with Crippen LogP contribution in [0.3, 0.4) is 0 Å². The number of hydrogen-bond acceptors (Lipinski definition) is 7. The van der Waals surface area contributed by atoms with Crippen molar-refractivity contribution in [2.75, 3.05) is 14.2 Å². The predicted molar refractivity (Wildman–Crippen MR) is 175 cm³/mol. The molecule has 0 radical (unpaired) electrons. The number of carbonyl (C=O) groups excluding carboxylic acids is 1. The first-order valence-corrected chi connectivity index (χ1v) is 15.8. The van der Waals surface area contributed by atoms with Gasteiger partial charge in [0.05, 0.1) is 34.1 Å². The molecule has 10 heteroatoms. The van der Waals surface area contributed by atoms with E-state index in [0.29, 0.717) is 32.1 Å². The lowest BCUT2D eigenvalue weighted by molar-refractivity contribution is -0.131. The lowest BCUT2D eigenvalue weighted by atomic mass is 9.83. The van der Waals surface area contributed by atoms with Crippen LogP contribution in [0.25, 0.3) is 11.8 Å². The first-order valence-electron chi connectivity index (χ1n) is 12.8. The minimum absolute atomic E-state index is 0.151. The number of hydrogen-bond donors (Lipinski definition) is 0. The maximum Gasteiger partial charge on any atom is 0.308 e. The summed E-state index contributed by atoms with van der Waals surface area (Å²) in [5.41, 5.74) is 5.80. The third kappa shape index (κ3) is 5.14. The molecule has 41 heavy (non-hydrogen) atoms. The lowest BCUT2D eigenvalue weighted by Gasteiger charge is -2.31. The van der Waals surface area contributed by atoms with E-state index in [2.05, 4.69) is 63.4 Å². The van der Waals surface area contributed by atoms with Gasteiger partial charge in [-0.2, -0.15) is 0 Å². The Hall–Kier alpha value is -2.97. The fourth-order valence-electron chi connectivity index (χ4n) is 5.43. The highest BCUT2D eigenvalue weighted by atomic mass is 127. The number of allylic oxidation sites excluding steroid dienone is 1. The maximum absolute atomic E-state index is 14.2. The van der Waals surface area contributed by atoms with Crippen LogP contribution in [-0.4, -0.2) is 24.8 Å². The molecule has 0 saturated heterocycles. The molecule has 4 aromatic rings. The molecule has 0 amide bonds. The SMILES string of the molecule is COc1ccc([C@@H]2C3=C(N=c4s/c(=C/c5cc(I)cc(I)c5OC(C)=O)c(=O)n42)c2ccccc2CC3)cc1OC. The van der Waals surface area contributed by atoms with Gasteiger partial charge in [0.2, 0.25) is 0 Å². The van der Waals surface area contributed by atoms with Gasteiger partial charge in [0.25, 0.3) is 5.56 Å². The van der Waals surface area contributed by atoms with Crippen molar-refractivity contribution in [3.8, 4) is 17.2 Å². The molecule has 7 nitrogen and oxygen atoms in total. The molecule has 3 aromatic carbocycles. The summed E-state index contributed by atoms with van der Waals surface area (Å²) >= 11 is 5.71. The highest BCUT2D eigenvalue weighted by Gasteiger charge is 2.33. The molecule has 1 aliphatic heterocycles. The van der Waals surface area contributed by atoms with Crippen LogP contribution < -0.4 is 29.1 Å². The van der Waals surface area contributed by atoms with Crippen molar-refractivity contribution in [3.05, 3.63) is 109 Å². The fourth-order valence-corrected chi connectivity index (χ4v) is 8.42. The summed E-state index contributed by atoms with van der Waals surface area (Å²) < 4.78 is 20.7. The van der Waals surface area contributed by atoms with E-state index in [1.807, 2.05) is 36.4 Å². The molecular weight excluding hydrogens is 766 g/mol. The number of nitrogens with zero attached hydrogens (tertiary/aromatic N) is 2. The van der Waals surface area contributed by atoms with Crippen molar-refractivity contribution in [2.24, 2.45) is 4.99 Å². The third-order valence-electron chi connectivity index (χ3n) is 7.17. The summed E-state index contributed by atoms with van der Waals surface area (Å²) in [7, 11) is 3.22. The first-order chi connectivity index (χ1) is 19.8. The van der Waals surface area contributed by atoms with E-state index in [1.54, 1.807) is 24.9 Å². The summed E-state index contributed by atoms with van der Waals surface area (Å²) in [5.74, 6) is 1.24. The molecule has 1 atom stereocenters. The Bertz CT molecular complexity index is 1940. The summed E-state index contributed by atoms with van der Waals surface area (Å²) in [6.07, 6.45) is 3.45. The van der Waals surface area contributed by atoms with Crippen LogP contribution in [0, 0.1) is 7.14 Å². The molecule has 0 N–H and O–H groups in total. The lowest BCUT2D eigenvalue weighted by Crippen LogP contribution is -2.38. The van der Waals surface area contributed by atoms with Crippen molar-refractivity contribution in [2.45, 2.75) is 25.8 Å². The van der Waals surface area contributed by atoms with Crippen LogP contribution in [-0.2, 0) is 11.2 Å². The topological polar surface area (TPSA) is 79.1 Å². The highest BCUT2D eigenvalue weighted by molar-refractivity contribution is 14.1. The van der Waals surface area contributed by atoms with Gasteiger partial charge in [0.1, 0.15) is 0 Å². The van der Waals surface area contributed by atoms with Crippen LogP contribution in [0.2, 0.25) is 0 Å². The van der Waals surface area contributed by atoms with Gasteiger partial charge in [0.15, 0.2) is 22.0 Å². The average molecular weight is 790 g/mol. The number of aryl methyl sites for hydroxylation is 1. The molecule has 1 aromatic heterocycles. The number of methoxy groups -OCH3 is 2. The first kappa shape index (κ1) is 28.2. The fraction of sp³-hybridized carbons (Fsp3) is 0.194. The van der Waals surface area contributed by atoms with E-state index in [1.165, 1.54) is 23.8 Å². The van der Waals surface area contributed by atoms with Gasteiger partial charge < -0.3 is 14.2 Å². The molecular formula is C31H24I2N2O5S. The zero-order chi connectivity index (χ0) is 28.8. The van der Waals surface area contributed by atoms with E-state index in [4.69, 9.17) is 19.2 Å². The molecule has 1 aliphatic carbocycles. The molecule has 0 unspecified atom stereocenters. The zero-order valence-electron chi connectivity index (χ0n) is 22.4. The summed E-state index contributed by atoms with van der Waals surface area (Å²) in [6.45, 7) is 1.37. The second-order valence-electron chi connectivity index (χ2n) is 9.63. The summed E-state index contributed by atoms with van der Waals surface area (Å²) in [6, 6.07) is 17.6. The number of benzene rings is 3. The number of thiazole rings is 1. The maximum atomic E-state index is 14.2. The van der Waals surface area contributed by atoms with Crippen molar-refractivity contribution >= 4 is 74.3 Å². The number of esters is 1. The molecule has 208 valence electrons. The normalized spacial score (nSPS) is 15.9. The highest BCUT2D eigenvalue weighted by Crippen LogP contribution is 2.42. The largest absolute Gasteiger partial charge is 0.493 e. The number of rotatable bonds is 5. The van der Waals surface area contributed by atoms with Crippen molar-refractivity contribution in [3.63, 3.8) is 0 Å². The van der Waals surface area contributed by atoms with E-state index in [-0.39, 0.29) is 11.6 Å². The second kappa shape index (κ2) is 11.4. The van der Waals surface area contributed by atoms with Crippen molar-refractivity contribution < 1.29 is 19.0 Å². The van der Waals surface area contributed by atoms with Crippen LogP contribution in [0.4, 0.5) is 0 Å². The molecule has 0 fully saturated rings. The van der Waals surface area contributed by atoms with E-state index < -0.39 is 5.97 Å². The standard InChI is InChI=1S/C31H24I2N2O5S/c1-16(36)40-29-19(12-20(32)15-23(29)33)14-26-30(37)35-28(18-9-11-24(38-2)25(13-18)39-3)22-10-8-17-6-4-5-7-21(17)27(22)34-31(35)41-26/h4-7,9,11-15,28H,8,10H2,1-3H3/b26-14+/t28-/m1/s1. The van der Waals surface area contributed by atoms with Crippen LogP contribution in [0.15, 0.2) is 70.0 Å². The van der Waals surface area contributed by atoms with Gasteiger partial charge in [-0.25, -0.2) is 4.99 Å². The zero-order valence-corrected chi connectivity index (χ0v) is 27.5. The Kier molecular flexibility index (Phi) is 7.81. The van der Waals surface area contributed by atoms with Crippen LogP contribution in [0.1, 0.15) is 41.6 Å². The van der Waals surface area contributed by atoms with Crippen molar-refractivity contribution in [1.29, 1.82) is 0 Å². The second-order valence-corrected chi connectivity index (χ2v) is 13.0. The Labute approximate surface area is 267 Å². The summed E-state index contributed by atoms with van der Waals surface area (Å²) in [5, 5.41) is 0. The average Bonchev–Trinajstić information content (AvgIpc) is 3.27. The van der Waals surface area contributed by atoms with Gasteiger partial charge in [-0.1, -0.05) is 41.7 Å². The van der Waals surface area contributed by atoms with Gasteiger partial charge in [-0.15, -0.1) is 0 Å². The van der Waals surface area contributed by atoms with Gasteiger partial charge in [-0.05, 0) is 105 Å². The summed E-state index contributed by atoms with van der Waals surface area (Å²) in [4.78, 5) is 31.8. The number of halogens is 2. The Morgan fingerprint density at radius 2 is 1.83 bits per heavy atom. The number of aromatic nitrogens is 1. The van der Waals surface area contributed by atoms with E-state index in [0.717, 1.165) is 42.4 Å². The minimum atomic E-state index is -0.417. The van der Waals surface area contributed by atoms with E-state index >= 15 is 0 Å². The van der Waals surface area contributed by atoms with Crippen LogP contribution >= 0.6 is 56.5 Å². The quantitative estimate of drug-likeness (QED) is 0.152. The smallest absolute Gasteiger partial charge is 0.308 e. The number of carbonyl (C=O) groups is 1. The van der Waals surface area contributed by atoms with Gasteiger partial charge in [-0.3, -0.25) is 14.2 Å². The Morgan fingerprint density at radius 1 is 1.05 bits per heavy atom. The molecule has 2 aliphatic rings. The molecule has 2 heterocycles. The van der Waals surface area contributed by atoms with Crippen LogP contribution in [0.5, 0.6) is 17.2 Å². The van der Waals surface area contributed by atoms with Crippen molar-refractivity contribution in [1.82, 2.24) is 4.57 Å². The third-order valence-corrected chi connectivity index (χ3v) is 9.57. The van der Waals surface area contributed by atoms with Gasteiger partial charge >= 0.3 is 5.97 Å². The van der Waals surface area contributed by atoms with Gasteiger partial charge in [0, 0.05) is 21.6 Å².